The molecule has 2 fully saturated rings. The Kier molecular flexibility index (Phi) is 7.26. The molecule has 1 unspecified atom stereocenters. The molecule has 2 aliphatic rings. The molecule has 0 aromatic carbocycles. The number of fused-ring (bicyclic) bond motifs is 1. The maximum atomic E-state index is 5.83. The van der Waals surface area contributed by atoms with E-state index >= 15 is 0 Å². The molecule has 7 nitrogen and oxygen atoms in total. The molecule has 5 rings (SSSR count). The highest BCUT2D eigenvalue weighted by Gasteiger charge is 2.33. The second-order valence-electron chi connectivity index (χ2n) is 10.7. The highest BCUT2D eigenvalue weighted by atomic mass is 35.5. The molecule has 0 radical (unpaired) electrons. The van der Waals surface area contributed by atoms with Gasteiger partial charge in [-0.25, -0.2) is 15.0 Å². The van der Waals surface area contributed by atoms with Crippen LogP contribution in [0.5, 0.6) is 0 Å². The number of pyridine rings is 2. The summed E-state index contributed by atoms with van der Waals surface area (Å²) in [5.41, 5.74) is 3.70. The molecule has 8 heteroatoms. The lowest BCUT2D eigenvalue weighted by atomic mass is 9.82. The lowest BCUT2D eigenvalue weighted by Crippen LogP contribution is -2.41. The van der Waals surface area contributed by atoms with Crippen LogP contribution in [0.4, 0.5) is 11.6 Å². The Labute approximate surface area is 223 Å². The third-order valence-electron chi connectivity index (χ3n) is 7.11. The zero-order valence-corrected chi connectivity index (χ0v) is 22.3. The van der Waals surface area contributed by atoms with Crippen LogP contribution in [0.3, 0.4) is 0 Å². The molecule has 3 N–H and O–H groups in total. The summed E-state index contributed by atoms with van der Waals surface area (Å²) in [6.45, 7) is 14.3. The van der Waals surface area contributed by atoms with Crippen molar-refractivity contribution in [1.82, 2.24) is 25.3 Å². The highest BCUT2D eigenvalue weighted by Crippen LogP contribution is 2.44. The fourth-order valence-electron chi connectivity index (χ4n) is 4.87. The predicted molar refractivity (Wildman–Crippen MR) is 153 cm³/mol. The molecular formula is C29H34ClN7. The summed E-state index contributed by atoms with van der Waals surface area (Å²) in [6, 6.07) is 4.14. The Bertz CT molecular complexity index is 1360. The molecule has 4 heterocycles. The zero-order chi connectivity index (χ0) is 26.0. The van der Waals surface area contributed by atoms with E-state index < -0.39 is 0 Å². The molecule has 0 spiro atoms. The molecule has 1 aliphatic heterocycles. The molecular weight excluding hydrogens is 482 g/mol. The molecule has 3 aromatic heterocycles. The molecule has 37 heavy (non-hydrogen) atoms. The van der Waals surface area contributed by atoms with E-state index in [2.05, 4.69) is 52.9 Å². The molecule has 0 amide bonds. The van der Waals surface area contributed by atoms with Crippen LogP contribution in [-0.4, -0.2) is 39.1 Å². The van der Waals surface area contributed by atoms with Crippen LogP contribution in [0.2, 0.25) is 0 Å². The van der Waals surface area contributed by atoms with Crippen LogP contribution in [0.25, 0.3) is 22.3 Å². The minimum Gasteiger partial charge on any atom is -0.366 e. The number of hydrogen-bond acceptors (Lipinski definition) is 7. The van der Waals surface area contributed by atoms with Gasteiger partial charge < -0.3 is 16.0 Å². The van der Waals surface area contributed by atoms with Gasteiger partial charge in [-0.15, -0.1) is 0 Å². The molecule has 192 valence electrons. The van der Waals surface area contributed by atoms with Crippen molar-refractivity contribution >= 4 is 34.1 Å². The van der Waals surface area contributed by atoms with E-state index in [-0.39, 0.29) is 11.5 Å². The smallest absolute Gasteiger partial charge is 0.162 e. The standard InChI is InChI=1S/C29H34ClN7/c1-18(30)7-8-19(2)34-25-14-21(11-13-33-25)27-35-23-16-32-15-22(20-9-10-20)26(23)28(37-27)36-24-6-5-12-31-17-29(24,3)4/h7-8,11,13-16,20,24,31H,1-2,5-6,9-10,12,17H2,3-4H3,(H,33,34)(H,35,36,37)/b8-7-. The zero-order valence-electron chi connectivity index (χ0n) is 21.5. The summed E-state index contributed by atoms with van der Waals surface area (Å²) in [7, 11) is 0. The first-order valence-corrected chi connectivity index (χ1v) is 13.3. The van der Waals surface area contributed by atoms with Crippen LogP contribution in [-0.2, 0) is 0 Å². The summed E-state index contributed by atoms with van der Waals surface area (Å²) in [4.78, 5) is 19.1. The van der Waals surface area contributed by atoms with Gasteiger partial charge in [-0.1, -0.05) is 38.6 Å². The Morgan fingerprint density at radius 3 is 2.78 bits per heavy atom. The molecule has 1 saturated heterocycles. The van der Waals surface area contributed by atoms with E-state index in [4.69, 9.17) is 21.6 Å². The van der Waals surface area contributed by atoms with E-state index in [1.807, 2.05) is 24.5 Å². The average molecular weight is 516 g/mol. The minimum atomic E-state index is 0.0800. The second kappa shape index (κ2) is 10.6. The van der Waals surface area contributed by atoms with E-state index in [0.717, 1.165) is 48.2 Å². The second-order valence-corrected chi connectivity index (χ2v) is 11.1. The summed E-state index contributed by atoms with van der Waals surface area (Å²) in [6.07, 6.45) is 13.6. The van der Waals surface area contributed by atoms with Crippen molar-refractivity contribution in [1.29, 1.82) is 0 Å². The van der Waals surface area contributed by atoms with Crippen LogP contribution in [0.15, 0.2) is 66.8 Å². The van der Waals surface area contributed by atoms with Gasteiger partial charge in [-0.3, -0.25) is 4.98 Å². The van der Waals surface area contributed by atoms with Gasteiger partial charge in [0.15, 0.2) is 5.82 Å². The van der Waals surface area contributed by atoms with Gasteiger partial charge in [-0.05, 0) is 73.4 Å². The van der Waals surface area contributed by atoms with Gasteiger partial charge >= 0.3 is 0 Å². The number of anilines is 2. The van der Waals surface area contributed by atoms with E-state index in [1.54, 1.807) is 18.3 Å². The first kappa shape index (κ1) is 25.4. The van der Waals surface area contributed by atoms with Crippen LogP contribution >= 0.6 is 11.6 Å². The molecule has 0 bridgehead atoms. The van der Waals surface area contributed by atoms with Crippen molar-refractivity contribution in [2.75, 3.05) is 23.7 Å². The van der Waals surface area contributed by atoms with Crippen molar-refractivity contribution < 1.29 is 0 Å². The van der Waals surface area contributed by atoms with E-state index in [1.165, 1.54) is 18.4 Å². The van der Waals surface area contributed by atoms with Crippen molar-refractivity contribution in [3.63, 3.8) is 0 Å². The fraction of sp³-hybridized carbons (Fsp3) is 0.379. The topological polar surface area (TPSA) is 87.7 Å². The summed E-state index contributed by atoms with van der Waals surface area (Å²) < 4.78 is 0. The average Bonchev–Trinajstić information content (AvgIpc) is 3.72. The van der Waals surface area contributed by atoms with Crippen molar-refractivity contribution in [2.45, 2.75) is 51.5 Å². The van der Waals surface area contributed by atoms with Gasteiger partial charge in [0.25, 0.3) is 0 Å². The first-order chi connectivity index (χ1) is 17.8. The molecule has 1 atom stereocenters. The number of hydrogen-bond donors (Lipinski definition) is 3. The quantitative estimate of drug-likeness (QED) is 0.299. The SMILES string of the molecule is C=C(Cl)/C=C\C(=C)Nc1cc(-c2nc(NC3CCCNCC3(C)C)c3c(C4CC4)cncc3n2)ccn1. The normalized spacial score (nSPS) is 19.5. The Morgan fingerprint density at radius 2 is 2.00 bits per heavy atom. The van der Waals surface area contributed by atoms with E-state index in [9.17, 15) is 0 Å². The summed E-state index contributed by atoms with van der Waals surface area (Å²) in [5.74, 6) is 2.71. The third kappa shape index (κ3) is 6.00. The monoisotopic (exact) mass is 515 g/mol. The van der Waals surface area contributed by atoms with Crippen LogP contribution < -0.4 is 16.0 Å². The Balaban J connectivity index is 1.54. The number of aromatic nitrogens is 4. The van der Waals surface area contributed by atoms with Gasteiger partial charge in [0.2, 0.25) is 0 Å². The molecule has 1 aliphatic carbocycles. The van der Waals surface area contributed by atoms with Gasteiger partial charge in [-0.2, -0.15) is 0 Å². The third-order valence-corrected chi connectivity index (χ3v) is 7.23. The maximum Gasteiger partial charge on any atom is 0.162 e. The van der Waals surface area contributed by atoms with Crippen molar-refractivity contribution in [3.8, 4) is 11.4 Å². The van der Waals surface area contributed by atoms with Gasteiger partial charge in [0.1, 0.15) is 11.6 Å². The van der Waals surface area contributed by atoms with Gasteiger partial charge in [0.05, 0.1) is 11.7 Å². The predicted octanol–water partition coefficient (Wildman–Crippen LogP) is 6.39. The number of nitrogens with zero attached hydrogens (tertiary/aromatic N) is 4. The summed E-state index contributed by atoms with van der Waals surface area (Å²) >= 11 is 5.83. The first-order valence-electron chi connectivity index (χ1n) is 12.9. The largest absolute Gasteiger partial charge is 0.366 e. The van der Waals surface area contributed by atoms with Crippen molar-refractivity contribution in [3.05, 3.63) is 72.3 Å². The lowest BCUT2D eigenvalue weighted by molar-refractivity contribution is 0.302. The number of halogens is 1. The Hall–Kier alpha value is -3.29. The maximum absolute atomic E-state index is 5.83. The number of rotatable bonds is 8. The van der Waals surface area contributed by atoms with Crippen LogP contribution in [0.1, 0.15) is 51.0 Å². The van der Waals surface area contributed by atoms with Gasteiger partial charge in [0, 0.05) is 46.7 Å². The highest BCUT2D eigenvalue weighted by molar-refractivity contribution is 6.30. The summed E-state index contributed by atoms with van der Waals surface area (Å²) in [5, 5.41) is 12.2. The lowest BCUT2D eigenvalue weighted by Gasteiger charge is -2.34. The minimum absolute atomic E-state index is 0.0800. The fourth-order valence-corrected chi connectivity index (χ4v) is 4.93. The van der Waals surface area contributed by atoms with Crippen LogP contribution in [0, 0.1) is 5.41 Å². The number of nitrogens with one attached hydrogen (secondary N) is 3. The Morgan fingerprint density at radius 1 is 1.16 bits per heavy atom. The van der Waals surface area contributed by atoms with Crippen molar-refractivity contribution in [2.24, 2.45) is 5.41 Å². The number of allylic oxidation sites excluding steroid dienone is 3. The van der Waals surface area contributed by atoms with E-state index in [0.29, 0.717) is 28.3 Å². The molecule has 3 aromatic rings. The molecule has 1 saturated carbocycles.